The summed E-state index contributed by atoms with van der Waals surface area (Å²) in [5.74, 6) is -1.20. The summed E-state index contributed by atoms with van der Waals surface area (Å²) in [4.78, 5) is 0. The Kier molecular flexibility index (Phi) is 11.7. The fourth-order valence-corrected chi connectivity index (χ4v) is 0. The molecule has 0 rings (SSSR count). The van der Waals surface area contributed by atoms with Crippen molar-refractivity contribution in [2.45, 2.75) is 0 Å². The van der Waals surface area contributed by atoms with Crippen molar-refractivity contribution < 1.29 is 0 Å². The Hall–Kier alpha value is 1.86. The van der Waals surface area contributed by atoms with Crippen LogP contribution in [0, 0.1) is 0 Å². The molecule has 0 heterocycles. The van der Waals surface area contributed by atoms with E-state index in [9.17, 15) is 0 Å². The summed E-state index contributed by atoms with van der Waals surface area (Å²) in [5, 5.41) is 0. The number of hydrogen-bond acceptors (Lipinski definition) is 0. The zero-order valence-electron chi connectivity index (χ0n) is 2.03. The molecule has 0 bridgehead atoms. The van der Waals surface area contributed by atoms with Gasteiger partial charge in [-0.05, 0) is 0 Å². The van der Waals surface area contributed by atoms with Crippen LogP contribution in [-0.2, 0) is 0 Å². The molecule has 0 atom stereocenters. The first-order chi connectivity index (χ1) is 1.73. The molecule has 5 heavy (non-hydrogen) atoms. The van der Waals surface area contributed by atoms with Crippen molar-refractivity contribution in [2.24, 2.45) is 0 Å². The van der Waals surface area contributed by atoms with Crippen LogP contribution in [0.4, 0.5) is 0 Å². The third-order valence-corrected chi connectivity index (χ3v) is 0. The second kappa shape index (κ2) is 5.86. The van der Waals surface area contributed by atoms with Gasteiger partial charge in [-0.3, -0.25) is 0 Å². The largest absolute Gasteiger partial charge is 0.179 e. The van der Waals surface area contributed by atoms with Crippen LogP contribution >= 0.6 is 39.7 Å². The summed E-state index contributed by atoms with van der Waals surface area (Å²) in [6, 6.07) is 0. The van der Waals surface area contributed by atoms with Crippen molar-refractivity contribution in [3.8, 4) is 0 Å². The van der Waals surface area contributed by atoms with Crippen LogP contribution in [0.25, 0.3) is 0 Å². The molecule has 0 N–H and O–H groups in total. The third kappa shape index (κ3) is 25.3. The predicted octanol–water partition coefficient (Wildman–Crippen LogP) is 2.55. The van der Waals surface area contributed by atoms with Crippen molar-refractivity contribution in [1.82, 2.24) is 0 Å². The molecule has 0 saturated heterocycles. The van der Waals surface area contributed by atoms with Gasteiger partial charge in [0.1, 0.15) is 0 Å². The molecule has 0 amide bonds. The van der Waals surface area contributed by atoms with E-state index in [0.717, 1.165) is 0 Å². The molecular formula is AsCl3P. The first kappa shape index (κ1) is 9.97. The molecule has 3 radical (unpaired) electrons. The summed E-state index contributed by atoms with van der Waals surface area (Å²) < 4.78 is 0. The number of rotatable bonds is 0. The summed E-state index contributed by atoms with van der Waals surface area (Å²) in [6.45, 7) is 0. The Morgan fingerprint density at radius 2 is 1.00 bits per heavy atom. The molecule has 0 aromatic carbocycles. The van der Waals surface area contributed by atoms with Gasteiger partial charge in [-0.15, -0.1) is 0 Å². The van der Waals surface area contributed by atoms with Gasteiger partial charge >= 0.3 is 0 Å². The molecule has 0 aliphatic rings. The van der Waals surface area contributed by atoms with Crippen molar-refractivity contribution >= 4 is 57.7 Å². The van der Waals surface area contributed by atoms with E-state index < -0.39 is 5.98 Å². The minimum absolute atomic E-state index is 0. The molecule has 0 aromatic heterocycles. The van der Waals surface area contributed by atoms with Crippen molar-refractivity contribution in [1.29, 1.82) is 0 Å². The zero-order valence-corrected chi connectivity index (χ0v) is 7.07. The van der Waals surface area contributed by atoms with Crippen LogP contribution in [0.3, 0.4) is 0 Å². The molecule has 0 aliphatic carbocycles. The van der Waals surface area contributed by atoms with E-state index in [0.29, 0.717) is 0 Å². The average Bonchev–Trinajstić information content (AvgIpc) is 0.811. The topological polar surface area (TPSA) is 0 Å². The average molecular weight is 212 g/mol. The molecule has 0 saturated carbocycles. The monoisotopic (exact) mass is 211 g/mol. The van der Waals surface area contributed by atoms with Crippen LogP contribution in [0.1, 0.15) is 0 Å². The van der Waals surface area contributed by atoms with Crippen molar-refractivity contribution in [2.75, 3.05) is 0 Å². The van der Waals surface area contributed by atoms with Crippen LogP contribution in [0.5, 0.6) is 0 Å². The van der Waals surface area contributed by atoms with Crippen LogP contribution in [-0.4, -0.2) is 18.0 Å². The van der Waals surface area contributed by atoms with Gasteiger partial charge in [-0.25, -0.2) is 0 Å². The molecule has 31 valence electrons. The normalized spacial score (nSPS) is 7.20. The molecule has 0 fully saturated rings. The quantitative estimate of drug-likeness (QED) is 0.427. The SMILES string of the molecule is ClP(Cl)Cl.[As]. The standard InChI is InChI=1S/As.Cl3P/c;1-4(2)3. The van der Waals surface area contributed by atoms with Gasteiger partial charge in [0.15, 0.2) is 5.98 Å². The van der Waals surface area contributed by atoms with E-state index in [4.69, 9.17) is 33.7 Å². The van der Waals surface area contributed by atoms with Gasteiger partial charge in [-0.1, -0.05) is 33.7 Å². The fraction of sp³-hybridized carbons (Fsp3) is 0. The molecule has 0 nitrogen and oxygen atoms in total. The maximum Gasteiger partial charge on any atom is 0.179 e. The number of hydrogen-bond donors (Lipinski definition) is 0. The minimum atomic E-state index is -1.20. The molecule has 0 unspecified atom stereocenters. The Labute approximate surface area is 57.6 Å². The summed E-state index contributed by atoms with van der Waals surface area (Å²) in [7, 11) is 0. The Balaban J connectivity index is 0. The van der Waals surface area contributed by atoms with Gasteiger partial charge in [0, 0.05) is 18.0 Å². The molecule has 0 spiro atoms. The van der Waals surface area contributed by atoms with Crippen LogP contribution < -0.4 is 0 Å². The van der Waals surface area contributed by atoms with Crippen LogP contribution in [0.15, 0.2) is 0 Å². The summed E-state index contributed by atoms with van der Waals surface area (Å²) in [5.41, 5.74) is 0. The minimum Gasteiger partial charge on any atom is -0.0596 e. The Morgan fingerprint density at radius 3 is 1.00 bits per heavy atom. The van der Waals surface area contributed by atoms with E-state index in [1.165, 1.54) is 0 Å². The van der Waals surface area contributed by atoms with Gasteiger partial charge < -0.3 is 0 Å². The number of halogens is 3. The van der Waals surface area contributed by atoms with Gasteiger partial charge in [-0.2, -0.15) is 0 Å². The van der Waals surface area contributed by atoms with Gasteiger partial charge in [0.2, 0.25) is 0 Å². The molecule has 0 aromatic rings. The first-order valence-corrected chi connectivity index (χ1v) is 4.56. The molecule has 5 heteroatoms. The summed E-state index contributed by atoms with van der Waals surface area (Å²) in [6.07, 6.45) is 0. The first-order valence-electron chi connectivity index (χ1n) is 0.507. The maximum absolute atomic E-state index is 4.87. The zero-order chi connectivity index (χ0) is 3.58. The van der Waals surface area contributed by atoms with Gasteiger partial charge in [0.25, 0.3) is 0 Å². The Morgan fingerprint density at radius 1 is 1.00 bits per heavy atom. The van der Waals surface area contributed by atoms with E-state index in [2.05, 4.69) is 0 Å². The van der Waals surface area contributed by atoms with E-state index >= 15 is 0 Å². The smallest absolute Gasteiger partial charge is 0.0596 e. The van der Waals surface area contributed by atoms with Crippen molar-refractivity contribution in [3.63, 3.8) is 0 Å². The second-order valence-corrected chi connectivity index (χ2v) is 5.17. The van der Waals surface area contributed by atoms with Crippen molar-refractivity contribution in [3.05, 3.63) is 0 Å². The van der Waals surface area contributed by atoms with Gasteiger partial charge in [0.05, 0.1) is 0 Å². The molecule has 0 aliphatic heterocycles. The maximum atomic E-state index is 4.87. The fourth-order valence-electron chi connectivity index (χ4n) is 0. The summed E-state index contributed by atoms with van der Waals surface area (Å²) >= 11 is 14.6. The predicted molar refractivity (Wildman–Crippen MR) is 30.2 cm³/mol. The van der Waals surface area contributed by atoms with E-state index in [-0.39, 0.29) is 18.0 Å². The molecular weight excluding hydrogens is 212 g/mol. The third-order valence-electron chi connectivity index (χ3n) is 0. The van der Waals surface area contributed by atoms with E-state index in [1.807, 2.05) is 0 Å². The van der Waals surface area contributed by atoms with E-state index in [1.54, 1.807) is 0 Å². The van der Waals surface area contributed by atoms with Crippen LogP contribution in [0.2, 0.25) is 0 Å². The second-order valence-electron chi connectivity index (χ2n) is 0.192. The Bertz CT molecular complexity index is 11.6.